The summed E-state index contributed by atoms with van der Waals surface area (Å²) in [4.78, 5) is 0. The number of rotatable bonds is 7. The summed E-state index contributed by atoms with van der Waals surface area (Å²) in [6.07, 6.45) is -9.03. The molecule has 318 valence electrons. The summed E-state index contributed by atoms with van der Waals surface area (Å²) in [5.74, 6) is 0.473. The maximum atomic E-state index is 12.3. The third-order valence-corrected chi connectivity index (χ3v) is 17.0. The Bertz CT molecular complexity index is 1390. The molecule has 14 nitrogen and oxygen atoms in total. The van der Waals surface area contributed by atoms with Crippen LogP contribution < -0.4 is 0 Å². The second-order valence-electron chi connectivity index (χ2n) is 20.8. The Morgan fingerprint density at radius 1 is 0.709 bits per heavy atom. The predicted octanol–water partition coefficient (Wildman–Crippen LogP) is 0.970. The molecule has 0 bridgehead atoms. The van der Waals surface area contributed by atoms with Crippen LogP contribution >= 0.6 is 0 Å². The zero-order valence-corrected chi connectivity index (χ0v) is 34.0. The minimum atomic E-state index is -1.71. The lowest BCUT2D eigenvalue weighted by molar-refractivity contribution is -0.367. The molecule has 9 N–H and O–H groups in total. The van der Waals surface area contributed by atoms with Gasteiger partial charge in [-0.1, -0.05) is 34.6 Å². The van der Waals surface area contributed by atoms with Gasteiger partial charge in [0, 0.05) is 6.42 Å². The average Bonchev–Trinajstić information content (AvgIpc) is 3.65. The van der Waals surface area contributed by atoms with Gasteiger partial charge in [-0.2, -0.15) is 0 Å². The minimum absolute atomic E-state index is 0.00908. The summed E-state index contributed by atoms with van der Waals surface area (Å²) >= 11 is 0. The molecule has 3 aliphatic heterocycles. The van der Waals surface area contributed by atoms with Gasteiger partial charge in [-0.3, -0.25) is 0 Å². The van der Waals surface area contributed by atoms with Crippen LogP contribution in [-0.2, 0) is 23.7 Å². The van der Waals surface area contributed by atoms with Crippen molar-refractivity contribution in [2.24, 2.45) is 45.3 Å². The van der Waals surface area contributed by atoms with E-state index in [0.717, 1.165) is 32.1 Å². The van der Waals surface area contributed by atoms with Crippen LogP contribution in [0.1, 0.15) is 107 Å². The normalized spacial score (nSPS) is 56.8. The van der Waals surface area contributed by atoms with Crippen molar-refractivity contribution in [3.63, 3.8) is 0 Å². The Hall–Kier alpha value is -0.560. The van der Waals surface area contributed by atoms with Gasteiger partial charge in [-0.05, 0) is 111 Å². The number of aliphatic hydroxyl groups excluding tert-OH is 8. The topological polar surface area (TPSA) is 228 Å². The predicted molar refractivity (Wildman–Crippen MR) is 196 cm³/mol. The maximum absolute atomic E-state index is 12.3. The van der Waals surface area contributed by atoms with Gasteiger partial charge in [-0.25, -0.2) is 0 Å². The van der Waals surface area contributed by atoms with Crippen LogP contribution in [0.5, 0.6) is 0 Å². The largest absolute Gasteiger partial charge is 0.394 e. The molecule has 7 fully saturated rings. The zero-order valence-electron chi connectivity index (χ0n) is 34.0. The van der Waals surface area contributed by atoms with Crippen LogP contribution in [0.15, 0.2) is 0 Å². The van der Waals surface area contributed by atoms with Crippen LogP contribution in [0, 0.1) is 45.3 Å². The Labute approximate surface area is 325 Å². The lowest BCUT2D eigenvalue weighted by Gasteiger charge is -2.70. The van der Waals surface area contributed by atoms with E-state index >= 15 is 0 Å². The van der Waals surface area contributed by atoms with Gasteiger partial charge in [0.2, 0.25) is 0 Å². The first-order valence-corrected chi connectivity index (χ1v) is 20.8. The van der Waals surface area contributed by atoms with Crippen molar-refractivity contribution in [3.05, 3.63) is 0 Å². The number of aliphatic hydroxyl groups is 9. The SMILES string of the molecule is CC(C)(O)[C@H]1O[C@](C)([C@H]2CC[C@]3(C)[C@@H]2[C@H](O)C[C@@H]2[C@@]4(C)CC[C@H](O[C@@H]5OC[C@@H](O)[C@H](O)[C@H]5O[C@@H]5O[C@H](CO)[C@@H](O)[C@H](O)[C@H]5O)C(C)(C)[C@@H]4CC[C@]23C)C[C@@H]1O. The summed E-state index contributed by atoms with van der Waals surface area (Å²) in [7, 11) is 0. The fraction of sp³-hybridized carbons (Fsp3) is 1.00. The van der Waals surface area contributed by atoms with Gasteiger partial charge in [0.05, 0.1) is 42.7 Å². The van der Waals surface area contributed by atoms with Crippen molar-refractivity contribution in [3.8, 4) is 0 Å². The molecule has 4 saturated carbocycles. The van der Waals surface area contributed by atoms with E-state index in [1.54, 1.807) is 13.8 Å². The van der Waals surface area contributed by atoms with Gasteiger partial charge in [0.15, 0.2) is 12.6 Å². The highest BCUT2D eigenvalue weighted by molar-refractivity contribution is 5.21. The quantitative estimate of drug-likeness (QED) is 0.164. The van der Waals surface area contributed by atoms with E-state index in [1.165, 1.54) is 0 Å². The Kier molecular flexibility index (Phi) is 11.1. The number of ether oxygens (including phenoxy) is 5. The maximum Gasteiger partial charge on any atom is 0.187 e. The van der Waals surface area contributed by atoms with Crippen molar-refractivity contribution in [2.45, 2.75) is 198 Å². The van der Waals surface area contributed by atoms with Crippen LogP contribution in [0.2, 0.25) is 0 Å². The lowest BCUT2D eigenvalue weighted by atomic mass is 9.35. The molecular weight excluding hydrogens is 716 g/mol. The molecule has 7 rings (SSSR count). The molecule has 0 aromatic heterocycles. The van der Waals surface area contributed by atoms with E-state index in [2.05, 4.69) is 41.5 Å². The van der Waals surface area contributed by atoms with Gasteiger partial charge in [0.1, 0.15) is 48.8 Å². The first kappa shape index (κ1) is 42.6. The Balaban J connectivity index is 1.10. The van der Waals surface area contributed by atoms with Gasteiger partial charge in [0.25, 0.3) is 0 Å². The molecule has 4 aliphatic carbocycles. The highest BCUT2D eigenvalue weighted by Gasteiger charge is 2.72. The molecule has 3 heterocycles. The summed E-state index contributed by atoms with van der Waals surface area (Å²) in [5.41, 5.74) is -2.61. The summed E-state index contributed by atoms with van der Waals surface area (Å²) < 4.78 is 30.8. The van der Waals surface area contributed by atoms with Gasteiger partial charge in [-0.15, -0.1) is 0 Å². The van der Waals surface area contributed by atoms with Crippen molar-refractivity contribution in [1.82, 2.24) is 0 Å². The van der Waals surface area contributed by atoms with Crippen molar-refractivity contribution < 1.29 is 69.6 Å². The molecule has 0 radical (unpaired) electrons. The first-order chi connectivity index (χ1) is 25.4. The van der Waals surface area contributed by atoms with Crippen LogP contribution in [0.25, 0.3) is 0 Å². The van der Waals surface area contributed by atoms with E-state index in [1.807, 2.05) is 0 Å². The Morgan fingerprint density at radius 3 is 2.02 bits per heavy atom. The Morgan fingerprint density at radius 2 is 1.38 bits per heavy atom. The second-order valence-corrected chi connectivity index (χ2v) is 20.8. The van der Waals surface area contributed by atoms with E-state index < -0.39 is 91.4 Å². The standard InChI is InChI=1S/C41H70O14/c1-36(2)24-10-14-39(6)25(15-20(43)27-19(9-13-40(27,39)7)41(8)16-21(44)33(55-41)37(3,4)50)38(24,5)12-11-26(36)53-35-32(28(46)22(45)18-51-35)54-34-31(49)30(48)29(47)23(17-42)52-34/h19-35,42-50H,9-18H2,1-8H3/t19-,20+,21-,22+,23+,24-,25+,26-,27-,28-,29+,30-,31+,32+,33-,34-,35-,38-,39+,40+,41-/m0/s1. The highest BCUT2D eigenvalue weighted by Crippen LogP contribution is 2.76. The third-order valence-electron chi connectivity index (χ3n) is 17.0. The number of fused-ring (bicyclic) bond motifs is 5. The summed E-state index contributed by atoms with van der Waals surface area (Å²) in [6.45, 7) is 16.2. The van der Waals surface area contributed by atoms with Crippen molar-refractivity contribution in [1.29, 1.82) is 0 Å². The van der Waals surface area contributed by atoms with Crippen molar-refractivity contribution in [2.75, 3.05) is 13.2 Å². The molecule has 14 heteroatoms. The molecule has 0 amide bonds. The fourth-order valence-electron chi connectivity index (χ4n) is 14.0. The average molecular weight is 787 g/mol. The molecule has 7 aliphatic rings. The smallest absolute Gasteiger partial charge is 0.187 e. The van der Waals surface area contributed by atoms with Gasteiger partial charge < -0.3 is 69.6 Å². The lowest BCUT2D eigenvalue weighted by Crippen LogP contribution is -2.67. The van der Waals surface area contributed by atoms with E-state index in [4.69, 9.17) is 23.7 Å². The molecule has 0 aromatic carbocycles. The fourth-order valence-corrected chi connectivity index (χ4v) is 14.0. The number of hydrogen-bond acceptors (Lipinski definition) is 14. The summed E-state index contributed by atoms with van der Waals surface area (Å²) in [6, 6.07) is 0. The highest BCUT2D eigenvalue weighted by atomic mass is 16.8. The molecule has 3 saturated heterocycles. The molecule has 21 atom stereocenters. The molecule has 55 heavy (non-hydrogen) atoms. The number of hydrogen-bond donors (Lipinski definition) is 9. The van der Waals surface area contributed by atoms with E-state index in [-0.39, 0.29) is 58.0 Å². The van der Waals surface area contributed by atoms with Crippen LogP contribution in [0.4, 0.5) is 0 Å². The van der Waals surface area contributed by atoms with Crippen LogP contribution in [-0.4, -0.2) is 150 Å². The van der Waals surface area contributed by atoms with Gasteiger partial charge >= 0.3 is 0 Å². The zero-order chi connectivity index (χ0) is 40.4. The first-order valence-electron chi connectivity index (χ1n) is 20.8. The molecule has 0 spiro atoms. The molecule has 0 aromatic rings. The minimum Gasteiger partial charge on any atom is -0.394 e. The molecule has 0 unspecified atom stereocenters. The van der Waals surface area contributed by atoms with Crippen LogP contribution in [0.3, 0.4) is 0 Å². The van der Waals surface area contributed by atoms with E-state index in [9.17, 15) is 46.0 Å². The third kappa shape index (κ3) is 6.50. The second kappa shape index (κ2) is 14.3. The van der Waals surface area contributed by atoms with Crippen molar-refractivity contribution >= 4 is 0 Å². The summed E-state index contributed by atoms with van der Waals surface area (Å²) in [5, 5.41) is 96.8. The molecular formula is C41H70O14. The van der Waals surface area contributed by atoms with E-state index in [0.29, 0.717) is 19.3 Å². The monoisotopic (exact) mass is 786 g/mol.